The molecule has 0 radical (unpaired) electrons. The Morgan fingerprint density at radius 2 is 1.79 bits per heavy atom. The maximum atomic E-state index is 12.2. The molecule has 2 aromatic rings. The fourth-order valence-electron chi connectivity index (χ4n) is 1.49. The summed E-state index contributed by atoms with van der Waals surface area (Å²) in [5.41, 5.74) is 0.603. The van der Waals surface area contributed by atoms with Crippen LogP contribution in [0.15, 0.2) is 41.4 Å². The van der Waals surface area contributed by atoms with Gasteiger partial charge in [-0.2, -0.15) is 0 Å². The topological polar surface area (TPSA) is 59.1 Å². The van der Waals surface area contributed by atoms with Crippen LogP contribution in [0.25, 0.3) is 0 Å². The molecular formula is C12H10Cl2N2O2S. The van der Waals surface area contributed by atoms with Gasteiger partial charge < -0.3 is 0 Å². The summed E-state index contributed by atoms with van der Waals surface area (Å²) >= 11 is 11.5. The minimum Gasteiger partial charge on any atom is -0.263 e. The van der Waals surface area contributed by atoms with E-state index in [2.05, 4.69) is 9.71 Å². The average molecular weight is 317 g/mol. The summed E-state index contributed by atoms with van der Waals surface area (Å²) in [4.78, 5) is 4.01. The Hall–Kier alpha value is -1.30. The number of nitrogens with zero attached hydrogens (tertiary/aromatic N) is 1. The van der Waals surface area contributed by atoms with Crippen molar-refractivity contribution in [3.63, 3.8) is 0 Å². The van der Waals surface area contributed by atoms with Gasteiger partial charge in [-0.1, -0.05) is 29.3 Å². The van der Waals surface area contributed by atoms with Crippen LogP contribution in [0.5, 0.6) is 0 Å². The second-order valence-electron chi connectivity index (χ2n) is 3.88. The van der Waals surface area contributed by atoms with Crippen molar-refractivity contribution in [2.45, 2.75) is 11.8 Å². The fraction of sp³-hybridized carbons (Fsp3) is 0.0833. The molecule has 0 aliphatic carbocycles. The number of halogens is 2. The molecule has 100 valence electrons. The lowest BCUT2D eigenvalue weighted by Crippen LogP contribution is -2.15. The molecule has 0 unspecified atom stereocenters. The van der Waals surface area contributed by atoms with Crippen molar-refractivity contribution < 1.29 is 8.42 Å². The molecule has 1 N–H and O–H groups in total. The highest BCUT2D eigenvalue weighted by molar-refractivity contribution is 7.92. The summed E-state index contributed by atoms with van der Waals surface area (Å²) in [6.45, 7) is 1.69. The van der Waals surface area contributed by atoms with Gasteiger partial charge in [-0.15, -0.1) is 0 Å². The van der Waals surface area contributed by atoms with Crippen LogP contribution in [0.4, 0.5) is 5.82 Å². The standard InChI is InChI=1S/C12H10Cl2N2O2S/c1-8-2-3-9(13)6-11(8)19(17,18)16-12-5-4-10(14)7-15-12/h2-7H,1H3,(H,15,16). The van der Waals surface area contributed by atoms with Crippen LogP contribution in [-0.2, 0) is 10.0 Å². The van der Waals surface area contributed by atoms with Gasteiger partial charge in [-0.3, -0.25) is 4.72 Å². The third kappa shape index (κ3) is 3.37. The molecule has 1 aromatic heterocycles. The molecule has 1 aromatic carbocycles. The van der Waals surface area contributed by atoms with E-state index in [4.69, 9.17) is 23.2 Å². The molecule has 0 saturated carbocycles. The Kier molecular flexibility index (Phi) is 3.99. The van der Waals surface area contributed by atoms with Gasteiger partial charge in [0.2, 0.25) is 0 Å². The van der Waals surface area contributed by atoms with Crippen molar-refractivity contribution in [1.82, 2.24) is 4.98 Å². The number of aromatic nitrogens is 1. The van der Waals surface area contributed by atoms with Crippen LogP contribution in [0.3, 0.4) is 0 Å². The minimum atomic E-state index is -3.72. The van der Waals surface area contributed by atoms with E-state index in [0.29, 0.717) is 15.6 Å². The van der Waals surface area contributed by atoms with Crippen molar-refractivity contribution in [1.29, 1.82) is 0 Å². The van der Waals surface area contributed by atoms with Crippen molar-refractivity contribution in [3.8, 4) is 0 Å². The molecule has 2 rings (SSSR count). The SMILES string of the molecule is Cc1ccc(Cl)cc1S(=O)(=O)Nc1ccc(Cl)cn1. The first-order valence-corrected chi connectivity index (χ1v) is 7.53. The predicted molar refractivity (Wildman–Crippen MR) is 76.2 cm³/mol. The molecule has 19 heavy (non-hydrogen) atoms. The van der Waals surface area contributed by atoms with Gasteiger partial charge >= 0.3 is 0 Å². The molecule has 0 fully saturated rings. The molecule has 0 aliphatic rings. The zero-order valence-corrected chi connectivity index (χ0v) is 12.2. The van der Waals surface area contributed by atoms with Crippen molar-refractivity contribution in [2.24, 2.45) is 0 Å². The Morgan fingerprint density at radius 1 is 1.11 bits per heavy atom. The first-order valence-electron chi connectivity index (χ1n) is 5.29. The third-order valence-corrected chi connectivity index (χ3v) is 4.36. The van der Waals surface area contributed by atoms with Gasteiger partial charge in [0.25, 0.3) is 10.0 Å². The van der Waals surface area contributed by atoms with Crippen LogP contribution >= 0.6 is 23.2 Å². The van der Waals surface area contributed by atoms with Crippen LogP contribution in [0, 0.1) is 6.92 Å². The smallest absolute Gasteiger partial charge is 0.263 e. The molecule has 0 amide bonds. The van der Waals surface area contributed by atoms with Crippen molar-refractivity contribution in [3.05, 3.63) is 52.1 Å². The molecule has 0 saturated heterocycles. The number of aryl methyl sites for hydroxylation is 1. The molecule has 1 heterocycles. The normalized spacial score (nSPS) is 11.3. The molecular weight excluding hydrogens is 307 g/mol. The average Bonchev–Trinajstić information content (AvgIpc) is 2.35. The zero-order chi connectivity index (χ0) is 14.0. The van der Waals surface area contributed by atoms with Gasteiger partial charge in [-0.05, 0) is 36.8 Å². The molecule has 0 spiro atoms. The largest absolute Gasteiger partial charge is 0.263 e. The van der Waals surface area contributed by atoms with Crippen molar-refractivity contribution in [2.75, 3.05) is 4.72 Å². The second-order valence-corrected chi connectivity index (χ2v) is 6.40. The lowest BCUT2D eigenvalue weighted by atomic mass is 10.2. The van der Waals surface area contributed by atoms with Crippen LogP contribution in [0.2, 0.25) is 10.0 Å². The molecule has 0 bridgehead atoms. The third-order valence-electron chi connectivity index (χ3n) is 2.41. The molecule has 0 atom stereocenters. The Morgan fingerprint density at radius 3 is 2.42 bits per heavy atom. The minimum absolute atomic E-state index is 0.122. The number of pyridine rings is 1. The summed E-state index contributed by atoms with van der Waals surface area (Å²) in [5, 5.41) is 0.789. The predicted octanol–water partition coefficient (Wildman–Crippen LogP) is 3.50. The summed E-state index contributed by atoms with van der Waals surface area (Å²) in [7, 11) is -3.72. The van der Waals surface area contributed by atoms with Gasteiger partial charge in [0.05, 0.1) is 9.92 Å². The lowest BCUT2D eigenvalue weighted by molar-refractivity contribution is 0.600. The summed E-state index contributed by atoms with van der Waals surface area (Å²) in [5.74, 6) is 0.198. The van der Waals surface area contributed by atoms with Gasteiger partial charge in [0.15, 0.2) is 0 Å². The zero-order valence-electron chi connectivity index (χ0n) is 9.89. The van der Waals surface area contributed by atoms with E-state index in [1.165, 1.54) is 18.3 Å². The number of benzene rings is 1. The van der Waals surface area contributed by atoms with Crippen molar-refractivity contribution >= 4 is 39.0 Å². The number of rotatable bonds is 3. The van der Waals surface area contributed by atoms with Gasteiger partial charge in [0, 0.05) is 11.2 Å². The maximum absolute atomic E-state index is 12.2. The van der Waals surface area contributed by atoms with E-state index in [-0.39, 0.29) is 10.7 Å². The highest BCUT2D eigenvalue weighted by atomic mass is 35.5. The quantitative estimate of drug-likeness (QED) is 0.942. The van der Waals surface area contributed by atoms with Crippen LogP contribution < -0.4 is 4.72 Å². The molecule has 4 nitrogen and oxygen atoms in total. The van der Waals surface area contributed by atoms with E-state index in [0.717, 1.165) is 0 Å². The first-order chi connectivity index (χ1) is 8.88. The van der Waals surface area contributed by atoms with E-state index in [1.54, 1.807) is 25.1 Å². The first kappa shape index (κ1) is 14.1. The number of hydrogen-bond acceptors (Lipinski definition) is 3. The summed E-state index contributed by atoms with van der Waals surface area (Å²) in [6, 6.07) is 7.72. The van der Waals surface area contributed by atoms with Crippen LogP contribution in [0.1, 0.15) is 5.56 Å². The van der Waals surface area contributed by atoms with Gasteiger partial charge in [-0.25, -0.2) is 13.4 Å². The van der Waals surface area contributed by atoms with E-state index in [1.807, 2.05) is 0 Å². The maximum Gasteiger partial charge on any atom is 0.263 e. The van der Waals surface area contributed by atoms with E-state index < -0.39 is 10.0 Å². The lowest BCUT2D eigenvalue weighted by Gasteiger charge is -2.10. The van der Waals surface area contributed by atoms with Gasteiger partial charge in [0.1, 0.15) is 5.82 Å². The number of hydrogen-bond donors (Lipinski definition) is 1. The van der Waals surface area contributed by atoms with E-state index in [9.17, 15) is 8.42 Å². The monoisotopic (exact) mass is 316 g/mol. The Labute approximate surface area is 121 Å². The summed E-state index contributed by atoms with van der Waals surface area (Å²) in [6.07, 6.45) is 1.37. The second kappa shape index (κ2) is 5.36. The number of anilines is 1. The summed E-state index contributed by atoms with van der Waals surface area (Å²) < 4.78 is 26.8. The Balaban J connectivity index is 2.37. The molecule has 0 aliphatic heterocycles. The van der Waals surface area contributed by atoms with Crippen LogP contribution in [-0.4, -0.2) is 13.4 Å². The highest BCUT2D eigenvalue weighted by Gasteiger charge is 2.17. The number of nitrogens with one attached hydrogen (secondary N) is 1. The Bertz CT molecular complexity index is 700. The number of sulfonamides is 1. The van der Waals surface area contributed by atoms with E-state index >= 15 is 0 Å². The molecule has 7 heteroatoms. The highest BCUT2D eigenvalue weighted by Crippen LogP contribution is 2.22. The fourth-order valence-corrected chi connectivity index (χ4v) is 3.12.